The SMILES string of the molecule is CCc1cc(OC(C)=O)cc(C2(C)CCCCC2)c1OC. The van der Waals surface area contributed by atoms with Crippen molar-refractivity contribution in [1.82, 2.24) is 0 Å². The maximum Gasteiger partial charge on any atom is 0.308 e. The molecule has 0 spiro atoms. The van der Waals surface area contributed by atoms with Gasteiger partial charge in [0.15, 0.2) is 0 Å². The van der Waals surface area contributed by atoms with Crippen LogP contribution in [0.4, 0.5) is 0 Å². The fourth-order valence-electron chi connectivity index (χ4n) is 3.44. The zero-order valence-corrected chi connectivity index (χ0v) is 13.6. The summed E-state index contributed by atoms with van der Waals surface area (Å²) < 4.78 is 11.0. The van der Waals surface area contributed by atoms with Crippen LogP contribution >= 0.6 is 0 Å². The lowest BCUT2D eigenvalue weighted by atomic mass is 9.70. The van der Waals surface area contributed by atoms with Gasteiger partial charge in [0.25, 0.3) is 0 Å². The molecule has 0 N–H and O–H groups in total. The van der Waals surface area contributed by atoms with E-state index in [4.69, 9.17) is 9.47 Å². The van der Waals surface area contributed by atoms with E-state index < -0.39 is 0 Å². The molecule has 0 saturated heterocycles. The molecule has 0 bridgehead atoms. The number of hydrogen-bond donors (Lipinski definition) is 0. The van der Waals surface area contributed by atoms with Crippen LogP contribution in [0, 0.1) is 0 Å². The number of rotatable bonds is 4. The van der Waals surface area contributed by atoms with E-state index in [0.717, 1.165) is 30.6 Å². The van der Waals surface area contributed by atoms with E-state index in [1.165, 1.54) is 31.7 Å². The van der Waals surface area contributed by atoms with Gasteiger partial charge in [-0.25, -0.2) is 0 Å². The monoisotopic (exact) mass is 290 g/mol. The first-order valence-corrected chi connectivity index (χ1v) is 7.90. The summed E-state index contributed by atoms with van der Waals surface area (Å²) in [5, 5.41) is 0. The number of ether oxygens (including phenoxy) is 2. The Hall–Kier alpha value is -1.51. The molecule has 1 saturated carbocycles. The number of carbonyl (C=O) groups is 1. The van der Waals surface area contributed by atoms with E-state index in [1.54, 1.807) is 7.11 Å². The summed E-state index contributed by atoms with van der Waals surface area (Å²) in [4.78, 5) is 11.3. The Morgan fingerprint density at radius 2 is 1.90 bits per heavy atom. The maximum absolute atomic E-state index is 11.3. The molecule has 1 fully saturated rings. The summed E-state index contributed by atoms with van der Waals surface area (Å²) >= 11 is 0. The molecule has 0 radical (unpaired) electrons. The summed E-state index contributed by atoms with van der Waals surface area (Å²) in [5.74, 6) is 1.33. The minimum atomic E-state index is -0.276. The molecule has 2 rings (SSSR count). The highest BCUT2D eigenvalue weighted by atomic mass is 16.5. The number of carbonyl (C=O) groups excluding carboxylic acids is 1. The third kappa shape index (κ3) is 3.39. The van der Waals surface area contributed by atoms with Crippen molar-refractivity contribution in [2.75, 3.05) is 7.11 Å². The number of esters is 1. The van der Waals surface area contributed by atoms with Crippen LogP contribution in [0.5, 0.6) is 11.5 Å². The number of benzene rings is 1. The zero-order chi connectivity index (χ0) is 15.5. The molecule has 0 aromatic heterocycles. The Kier molecular flexibility index (Phi) is 4.92. The van der Waals surface area contributed by atoms with Gasteiger partial charge in [-0.2, -0.15) is 0 Å². The fraction of sp³-hybridized carbons (Fsp3) is 0.611. The number of aryl methyl sites for hydroxylation is 1. The van der Waals surface area contributed by atoms with Crippen LogP contribution in [-0.4, -0.2) is 13.1 Å². The minimum Gasteiger partial charge on any atom is -0.496 e. The highest BCUT2D eigenvalue weighted by Crippen LogP contribution is 2.45. The maximum atomic E-state index is 11.3. The van der Waals surface area contributed by atoms with Crippen LogP contribution in [0.2, 0.25) is 0 Å². The Bertz CT molecular complexity index is 513. The highest BCUT2D eigenvalue weighted by molar-refractivity contribution is 5.70. The van der Waals surface area contributed by atoms with Crippen molar-refractivity contribution >= 4 is 5.97 Å². The molecule has 0 unspecified atom stereocenters. The third-order valence-corrected chi connectivity index (χ3v) is 4.59. The second-order valence-electron chi connectivity index (χ2n) is 6.23. The van der Waals surface area contributed by atoms with Crippen molar-refractivity contribution in [1.29, 1.82) is 0 Å². The van der Waals surface area contributed by atoms with Gasteiger partial charge >= 0.3 is 5.97 Å². The molecule has 1 aliphatic rings. The van der Waals surface area contributed by atoms with E-state index in [2.05, 4.69) is 13.8 Å². The summed E-state index contributed by atoms with van der Waals surface area (Å²) in [7, 11) is 1.73. The topological polar surface area (TPSA) is 35.5 Å². The molecule has 0 aliphatic heterocycles. The molecule has 3 nitrogen and oxygen atoms in total. The zero-order valence-electron chi connectivity index (χ0n) is 13.6. The highest BCUT2D eigenvalue weighted by Gasteiger charge is 2.33. The summed E-state index contributed by atoms with van der Waals surface area (Å²) in [6.45, 7) is 5.85. The average molecular weight is 290 g/mol. The smallest absolute Gasteiger partial charge is 0.308 e. The molecule has 1 aromatic carbocycles. The largest absolute Gasteiger partial charge is 0.496 e. The van der Waals surface area contributed by atoms with Gasteiger partial charge in [-0.3, -0.25) is 4.79 Å². The molecular weight excluding hydrogens is 264 g/mol. The van der Waals surface area contributed by atoms with E-state index in [1.807, 2.05) is 12.1 Å². The van der Waals surface area contributed by atoms with Gasteiger partial charge in [0, 0.05) is 12.5 Å². The quantitative estimate of drug-likeness (QED) is 0.609. The van der Waals surface area contributed by atoms with Crippen LogP contribution in [0.1, 0.15) is 64.0 Å². The molecule has 116 valence electrons. The van der Waals surface area contributed by atoms with Crippen LogP contribution in [0.3, 0.4) is 0 Å². The van der Waals surface area contributed by atoms with Crippen molar-refractivity contribution in [2.45, 2.75) is 64.7 Å². The van der Waals surface area contributed by atoms with Gasteiger partial charge in [-0.15, -0.1) is 0 Å². The second kappa shape index (κ2) is 6.50. The van der Waals surface area contributed by atoms with Gasteiger partial charge in [0.2, 0.25) is 0 Å². The summed E-state index contributed by atoms with van der Waals surface area (Å²) in [6.07, 6.45) is 6.99. The number of methoxy groups -OCH3 is 1. The Morgan fingerprint density at radius 1 is 1.24 bits per heavy atom. The van der Waals surface area contributed by atoms with E-state index in [0.29, 0.717) is 5.75 Å². The lowest BCUT2D eigenvalue weighted by molar-refractivity contribution is -0.131. The van der Waals surface area contributed by atoms with Crippen molar-refractivity contribution in [3.8, 4) is 11.5 Å². The predicted molar refractivity (Wildman–Crippen MR) is 84.1 cm³/mol. The first kappa shape index (κ1) is 15.9. The van der Waals surface area contributed by atoms with Crippen molar-refractivity contribution in [3.05, 3.63) is 23.3 Å². The molecule has 3 heteroatoms. The molecule has 1 aromatic rings. The van der Waals surface area contributed by atoms with Gasteiger partial charge in [0.05, 0.1) is 7.11 Å². The van der Waals surface area contributed by atoms with Gasteiger partial charge in [0.1, 0.15) is 11.5 Å². The molecule has 21 heavy (non-hydrogen) atoms. The Balaban J connectivity index is 2.52. The molecule has 0 amide bonds. The third-order valence-electron chi connectivity index (χ3n) is 4.59. The van der Waals surface area contributed by atoms with Crippen LogP contribution in [0.15, 0.2) is 12.1 Å². The van der Waals surface area contributed by atoms with Crippen LogP contribution in [-0.2, 0) is 16.6 Å². The van der Waals surface area contributed by atoms with Crippen molar-refractivity contribution in [2.24, 2.45) is 0 Å². The summed E-state index contributed by atoms with van der Waals surface area (Å²) in [6, 6.07) is 3.93. The second-order valence-corrected chi connectivity index (χ2v) is 6.23. The van der Waals surface area contributed by atoms with E-state index >= 15 is 0 Å². The van der Waals surface area contributed by atoms with E-state index in [9.17, 15) is 4.79 Å². The molecular formula is C18H26O3. The normalized spacial score (nSPS) is 17.3. The van der Waals surface area contributed by atoms with Crippen molar-refractivity contribution in [3.63, 3.8) is 0 Å². The van der Waals surface area contributed by atoms with Gasteiger partial charge < -0.3 is 9.47 Å². The average Bonchev–Trinajstić information content (AvgIpc) is 2.46. The van der Waals surface area contributed by atoms with Gasteiger partial charge in [-0.05, 0) is 42.4 Å². The lowest BCUT2D eigenvalue weighted by Gasteiger charge is -2.36. The predicted octanol–water partition coefficient (Wildman–Crippen LogP) is 4.40. The van der Waals surface area contributed by atoms with E-state index in [-0.39, 0.29) is 11.4 Å². The van der Waals surface area contributed by atoms with Gasteiger partial charge in [-0.1, -0.05) is 33.1 Å². The first-order valence-electron chi connectivity index (χ1n) is 7.90. The minimum absolute atomic E-state index is 0.115. The molecule has 0 atom stereocenters. The van der Waals surface area contributed by atoms with Crippen molar-refractivity contribution < 1.29 is 14.3 Å². The summed E-state index contributed by atoms with van der Waals surface area (Å²) in [5.41, 5.74) is 2.42. The Morgan fingerprint density at radius 3 is 2.43 bits per heavy atom. The lowest BCUT2D eigenvalue weighted by Crippen LogP contribution is -2.26. The Labute approximate surface area is 127 Å². The first-order chi connectivity index (χ1) is 10.00. The van der Waals surface area contributed by atoms with Crippen LogP contribution < -0.4 is 9.47 Å². The molecule has 1 aliphatic carbocycles. The fourth-order valence-corrected chi connectivity index (χ4v) is 3.44. The standard InChI is InChI=1S/C18H26O3/c1-5-14-11-15(21-13(2)19)12-16(17(14)20-4)18(3)9-7-6-8-10-18/h11-12H,5-10H2,1-4H3. The number of hydrogen-bond acceptors (Lipinski definition) is 3. The molecule has 0 heterocycles. The van der Waals surface area contributed by atoms with Crippen LogP contribution in [0.25, 0.3) is 0 Å².